The van der Waals surface area contributed by atoms with Gasteiger partial charge in [-0.05, 0) is 32.1 Å². The van der Waals surface area contributed by atoms with E-state index in [1.54, 1.807) is 6.08 Å². The number of rotatable bonds is 2. The van der Waals surface area contributed by atoms with Gasteiger partial charge < -0.3 is 15.1 Å². The monoisotopic (exact) mass is 239 g/mol. The Hall–Kier alpha value is -1.36. The van der Waals surface area contributed by atoms with Gasteiger partial charge in [0.05, 0.1) is 6.54 Å². The van der Waals surface area contributed by atoms with Crippen molar-refractivity contribution in [2.24, 2.45) is 0 Å². The number of β-amino-alcohol motifs (C(OH)–C–C–N with tert-alkyl or cyclic N) is 1. The lowest BCUT2D eigenvalue weighted by Gasteiger charge is -2.36. The van der Waals surface area contributed by atoms with Crippen molar-refractivity contribution in [3.05, 3.63) is 11.6 Å². The van der Waals surface area contributed by atoms with Gasteiger partial charge in [0.2, 0.25) is 5.91 Å². The van der Waals surface area contributed by atoms with Gasteiger partial charge in [-0.2, -0.15) is 0 Å². The standard InChI is InChI=1S/C12H17NO4/c14-10(7-9-3-1-4-9)13-6-2-5-12(17,8-13)11(15)16/h7,17H,1-6,8H2,(H,15,16)/t12-/m1/s1. The number of allylic oxidation sites excluding steroid dienone is 1. The smallest absolute Gasteiger partial charge is 0.337 e. The number of nitrogens with zero attached hydrogens (tertiary/aromatic N) is 1. The highest BCUT2D eigenvalue weighted by Crippen LogP contribution is 2.26. The molecule has 1 aliphatic carbocycles. The molecule has 17 heavy (non-hydrogen) atoms. The fourth-order valence-electron chi connectivity index (χ4n) is 2.19. The molecule has 1 saturated carbocycles. The number of likely N-dealkylation sites (tertiary alicyclic amines) is 1. The molecule has 1 aliphatic heterocycles. The topological polar surface area (TPSA) is 77.8 Å². The van der Waals surface area contributed by atoms with Gasteiger partial charge in [0, 0.05) is 12.6 Å². The van der Waals surface area contributed by atoms with Crippen LogP contribution in [-0.2, 0) is 9.59 Å². The molecule has 0 aromatic carbocycles. The predicted molar refractivity (Wildman–Crippen MR) is 60.3 cm³/mol. The van der Waals surface area contributed by atoms with Crippen LogP contribution in [0.2, 0.25) is 0 Å². The Morgan fingerprint density at radius 1 is 1.29 bits per heavy atom. The molecular weight excluding hydrogens is 222 g/mol. The van der Waals surface area contributed by atoms with E-state index in [0.717, 1.165) is 24.8 Å². The van der Waals surface area contributed by atoms with E-state index in [2.05, 4.69) is 0 Å². The van der Waals surface area contributed by atoms with E-state index in [-0.39, 0.29) is 18.9 Å². The van der Waals surface area contributed by atoms with E-state index in [1.807, 2.05) is 0 Å². The molecule has 1 saturated heterocycles. The maximum atomic E-state index is 11.9. The first kappa shape index (κ1) is 12.1. The fraction of sp³-hybridized carbons (Fsp3) is 0.667. The van der Waals surface area contributed by atoms with E-state index in [9.17, 15) is 14.7 Å². The predicted octanol–water partition coefficient (Wildman–Crippen LogP) is 0.535. The minimum atomic E-state index is -1.77. The average Bonchev–Trinajstić information content (AvgIpc) is 2.23. The number of carbonyl (C=O) groups is 2. The van der Waals surface area contributed by atoms with Gasteiger partial charge in [0.15, 0.2) is 5.60 Å². The first-order chi connectivity index (χ1) is 8.01. The van der Waals surface area contributed by atoms with Crippen molar-refractivity contribution in [2.45, 2.75) is 37.7 Å². The molecule has 94 valence electrons. The molecule has 0 unspecified atom stereocenters. The summed E-state index contributed by atoms with van der Waals surface area (Å²) in [5.41, 5.74) is -0.647. The summed E-state index contributed by atoms with van der Waals surface area (Å²) >= 11 is 0. The Balaban J connectivity index is 2.01. The largest absolute Gasteiger partial charge is 0.479 e. The Bertz CT molecular complexity index is 371. The van der Waals surface area contributed by atoms with Crippen LogP contribution in [0.15, 0.2) is 11.6 Å². The van der Waals surface area contributed by atoms with Crippen LogP contribution in [0.3, 0.4) is 0 Å². The van der Waals surface area contributed by atoms with Gasteiger partial charge in [0.1, 0.15) is 0 Å². The second kappa shape index (κ2) is 4.49. The van der Waals surface area contributed by atoms with E-state index in [4.69, 9.17) is 5.11 Å². The molecule has 1 atom stereocenters. The van der Waals surface area contributed by atoms with E-state index < -0.39 is 11.6 Å². The molecule has 0 aromatic heterocycles. The number of carbonyl (C=O) groups excluding carboxylic acids is 1. The number of aliphatic carboxylic acids is 1. The van der Waals surface area contributed by atoms with Gasteiger partial charge in [-0.15, -0.1) is 0 Å². The van der Waals surface area contributed by atoms with E-state index in [0.29, 0.717) is 13.0 Å². The van der Waals surface area contributed by atoms with Crippen LogP contribution >= 0.6 is 0 Å². The molecule has 1 heterocycles. The molecule has 2 rings (SSSR count). The third-order valence-corrected chi connectivity index (χ3v) is 3.50. The Kier molecular flexibility index (Phi) is 3.19. The second-order valence-electron chi connectivity index (χ2n) is 4.86. The van der Waals surface area contributed by atoms with Gasteiger partial charge >= 0.3 is 5.97 Å². The number of piperidine rings is 1. The number of aliphatic hydroxyl groups is 1. The summed E-state index contributed by atoms with van der Waals surface area (Å²) in [6.07, 6.45) is 5.38. The summed E-state index contributed by atoms with van der Waals surface area (Å²) in [6.45, 7) is 0.420. The summed E-state index contributed by atoms with van der Waals surface area (Å²) in [5.74, 6) is -1.41. The zero-order chi connectivity index (χ0) is 12.5. The number of amides is 1. The highest BCUT2D eigenvalue weighted by atomic mass is 16.4. The van der Waals surface area contributed by atoms with Crippen LogP contribution in [0.5, 0.6) is 0 Å². The normalized spacial score (nSPS) is 28.5. The lowest BCUT2D eigenvalue weighted by Crippen LogP contribution is -2.54. The zero-order valence-corrected chi connectivity index (χ0v) is 9.69. The lowest BCUT2D eigenvalue weighted by atomic mass is 9.90. The maximum absolute atomic E-state index is 11.9. The first-order valence-electron chi connectivity index (χ1n) is 5.95. The average molecular weight is 239 g/mol. The quantitative estimate of drug-likeness (QED) is 0.689. The molecule has 0 aromatic rings. The molecule has 5 nitrogen and oxygen atoms in total. The summed E-state index contributed by atoms with van der Waals surface area (Å²) in [4.78, 5) is 24.2. The maximum Gasteiger partial charge on any atom is 0.337 e. The molecule has 2 fully saturated rings. The first-order valence-corrected chi connectivity index (χ1v) is 5.95. The lowest BCUT2D eigenvalue weighted by molar-refractivity contribution is -0.165. The van der Waals surface area contributed by atoms with Crippen molar-refractivity contribution >= 4 is 11.9 Å². The van der Waals surface area contributed by atoms with Crippen LogP contribution in [0.1, 0.15) is 32.1 Å². The van der Waals surface area contributed by atoms with Crippen molar-refractivity contribution in [3.8, 4) is 0 Å². The van der Waals surface area contributed by atoms with Gasteiger partial charge in [-0.3, -0.25) is 4.79 Å². The molecule has 1 amide bonds. The Morgan fingerprint density at radius 2 is 2.00 bits per heavy atom. The van der Waals surface area contributed by atoms with Gasteiger partial charge in [0.25, 0.3) is 0 Å². The minimum absolute atomic E-state index is 0.106. The second-order valence-corrected chi connectivity index (χ2v) is 4.86. The van der Waals surface area contributed by atoms with Crippen molar-refractivity contribution < 1.29 is 19.8 Å². The Morgan fingerprint density at radius 3 is 2.53 bits per heavy atom. The van der Waals surface area contributed by atoms with Gasteiger partial charge in [-0.25, -0.2) is 4.79 Å². The molecule has 5 heteroatoms. The van der Waals surface area contributed by atoms with Crippen LogP contribution in [0, 0.1) is 0 Å². The summed E-state index contributed by atoms with van der Waals surface area (Å²) in [5, 5.41) is 18.8. The summed E-state index contributed by atoms with van der Waals surface area (Å²) in [6, 6.07) is 0. The van der Waals surface area contributed by atoms with Crippen molar-refractivity contribution in [2.75, 3.05) is 13.1 Å². The number of carboxylic acid groups (broad SMARTS) is 1. The number of hydrogen-bond donors (Lipinski definition) is 2. The number of carboxylic acids is 1. The third-order valence-electron chi connectivity index (χ3n) is 3.50. The molecule has 2 aliphatic rings. The summed E-state index contributed by atoms with van der Waals surface area (Å²) < 4.78 is 0. The SMILES string of the molecule is O=C(C=C1CCC1)N1CCC[C@](O)(C(=O)O)C1. The highest BCUT2D eigenvalue weighted by molar-refractivity contribution is 5.89. The summed E-state index contributed by atoms with van der Waals surface area (Å²) in [7, 11) is 0. The molecule has 0 spiro atoms. The molecule has 2 N–H and O–H groups in total. The molecule has 0 bridgehead atoms. The molecular formula is C12H17NO4. The van der Waals surface area contributed by atoms with Crippen LogP contribution in [0.25, 0.3) is 0 Å². The fourth-order valence-corrected chi connectivity index (χ4v) is 2.19. The van der Waals surface area contributed by atoms with Crippen molar-refractivity contribution in [1.29, 1.82) is 0 Å². The minimum Gasteiger partial charge on any atom is -0.479 e. The Labute approximate surface area is 99.7 Å². The van der Waals surface area contributed by atoms with Crippen LogP contribution < -0.4 is 0 Å². The third kappa shape index (κ3) is 2.49. The van der Waals surface area contributed by atoms with E-state index in [1.165, 1.54) is 4.90 Å². The zero-order valence-electron chi connectivity index (χ0n) is 9.69. The van der Waals surface area contributed by atoms with E-state index >= 15 is 0 Å². The molecule has 0 radical (unpaired) electrons. The van der Waals surface area contributed by atoms with Gasteiger partial charge in [-0.1, -0.05) is 5.57 Å². The van der Waals surface area contributed by atoms with Crippen molar-refractivity contribution in [3.63, 3.8) is 0 Å². The highest BCUT2D eigenvalue weighted by Gasteiger charge is 2.41. The van der Waals surface area contributed by atoms with Crippen LogP contribution in [0.4, 0.5) is 0 Å². The number of hydrogen-bond acceptors (Lipinski definition) is 3. The van der Waals surface area contributed by atoms with Crippen molar-refractivity contribution in [1.82, 2.24) is 4.90 Å². The van der Waals surface area contributed by atoms with Crippen LogP contribution in [-0.4, -0.2) is 45.7 Å².